The SMILES string of the molecule is [2H]c1c([2H])c([2H])c(-c2cc(-c3c([2H])c([2H])c([2H])c([2H])c3[2H])cc(-c3c4ccccc4cc4ccccc34)c2)c([2H])c1[2H]. The van der Waals surface area contributed by atoms with Gasteiger partial charge in [0.05, 0.1) is 13.7 Å². The Bertz CT molecular complexity index is 1900. The van der Waals surface area contributed by atoms with E-state index in [9.17, 15) is 0 Å². The van der Waals surface area contributed by atoms with E-state index in [1.165, 1.54) is 6.07 Å². The summed E-state index contributed by atoms with van der Waals surface area (Å²) < 4.78 is 83.6. The molecule has 0 aliphatic heterocycles. The predicted molar refractivity (Wildman–Crippen MR) is 138 cm³/mol. The Morgan fingerprint density at radius 1 is 0.406 bits per heavy atom. The molecule has 0 amide bonds. The second-order valence-electron chi connectivity index (χ2n) is 7.49. The van der Waals surface area contributed by atoms with E-state index in [-0.39, 0.29) is 22.3 Å². The van der Waals surface area contributed by atoms with E-state index >= 15 is 0 Å². The maximum Gasteiger partial charge on any atom is 0.0629 e. The molecule has 0 aliphatic carbocycles. The molecule has 0 heterocycles. The number of hydrogen-bond acceptors (Lipinski definition) is 0. The summed E-state index contributed by atoms with van der Waals surface area (Å²) >= 11 is 0. The number of fused-ring (bicyclic) bond motifs is 2. The van der Waals surface area contributed by atoms with Crippen LogP contribution in [-0.2, 0) is 0 Å². The summed E-state index contributed by atoms with van der Waals surface area (Å²) in [4.78, 5) is 0. The van der Waals surface area contributed by atoms with Crippen LogP contribution in [0.4, 0.5) is 0 Å². The molecule has 150 valence electrons. The zero-order valence-electron chi connectivity index (χ0n) is 26.9. The summed E-state index contributed by atoms with van der Waals surface area (Å²) in [6.07, 6.45) is 0. The zero-order valence-corrected chi connectivity index (χ0v) is 16.9. The molecule has 0 bridgehead atoms. The maximum absolute atomic E-state index is 8.63. The van der Waals surface area contributed by atoms with Crippen LogP contribution < -0.4 is 0 Å². The van der Waals surface area contributed by atoms with Crippen molar-refractivity contribution < 1.29 is 13.7 Å². The lowest BCUT2D eigenvalue weighted by Crippen LogP contribution is -1.89. The third-order valence-corrected chi connectivity index (χ3v) is 5.57. The van der Waals surface area contributed by atoms with E-state index in [0.29, 0.717) is 5.56 Å². The Morgan fingerprint density at radius 3 is 1.34 bits per heavy atom. The molecule has 0 saturated carbocycles. The third-order valence-electron chi connectivity index (χ3n) is 5.57. The topological polar surface area (TPSA) is 0 Å². The van der Waals surface area contributed by atoms with Crippen molar-refractivity contribution >= 4 is 21.5 Å². The summed E-state index contributed by atoms with van der Waals surface area (Å²) in [5.41, 5.74) is 1.87. The second-order valence-corrected chi connectivity index (χ2v) is 7.49. The Balaban J connectivity index is 1.80. The fourth-order valence-corrected chi connectivity index (χ4v) is 4.17. The molecular weight excluding hydrogens is 384 g/mol. The smallest absolute Gasteiger partial charge is 0.0622 e. The average molecular weight is 417 g/mol. The van der Waals surface area contributed by atoms with E-state index < -0.39 is 60.4 Å². The third kappa shape index (κ3) is 3.27. The van der Waals surface area contributed by atoms with Gasteiger partial charge in [0.25, 0.3) is 0 Å². The molecule has 6 aromatic carbocycles. The molecule has 0 heteroatoms. The van der Waals surface area contributed by atoms with Crippen LogP contribution in [0.3, 0.4) is 0 Å². The minimum atomic E-state index is -0.518. The van der Waals surface area contributed by atoms with Crippen LogP contribution in [0.25, 0.3) is 54.9 Å². The molecule has 6 aromatic rings. The van der Waals surface area contributed by atoms with Crippen molar-refractivity contribution in [3.63, 3.8) is 0 Å². The van der Waals surface area contributed by atoms with Gasteiger partial charge < -0.3 is 0 Å². The molecule has 0 nitrogen and oxygen atoms in total. The highest BCUT2D eigenvalue weighted by atomic mass is 14.2. The lowest BCUT2D eigenvalue weighted by molar-refractivity contribution is 1.58. The van der Waals surface area contributed by atoms with Crippen molar-refractivity contribution in [1.82, 2.24) is 0 Å². The average Bonchev–Trinajstić information content (AvgIpc) is 2.99. The molecule has 0 unspecified atom stereocenters. The maximum atomic E-state index is 8.63. The van der Waals surface area contributed by atoms with Crippen molar-refractivity contribution in [1.29, 1.82) is 0 Å². The monoisotopic (exact) mass is 416 g/mol. The minimum Gasteiger partial charge on any atom is -0.0622 e. The standard InChI is InChI=1S/C32H22/c1-3-11-23(12-4-1)27-20-28(24-13-5-2-6-14-24)22-29(21-27)32-30-17-9-7-15-25(30)19-26-16-8-10-18-31(26)32/h1-22H/i1D,2D,3D,4D,5D,6D,11D,12D,13D,14D. The number of hydrogen-bond donors (Lipinski definition) is 0. The van der Waals surface area contributed by atoms with Crippen molar-refractivity contribution in [3.05, 3.63) is 133 Å². The first-order valence-electron chi connectivity index (χ1n) is 15.2. The van der Waals surface area contributed by atoms with Gasteiger partial charge in [-0.1, -0.05) is 109 Å². The minimum absolute atomic E-state index is 0.0407. The first kappa shape index (κ1) is 10.9. The van der Waals surface area contributed by atoms with Gasteiger partial charge in [0, 0.05) is 0 Å². The molecule has 0 spiro atoms. The Kier molecular flexibility index (Phi) is 2.67. The van der Waals surface area contributed by atoms with E-state index in [4.69, 9.17) is 13.7 Å². The second kappa shape index (κ2) is 7.83. The van der Waals surface area contributed by atoms with Gasteiger partial charge >= 0.3 is 0 Å². The largest absolute Gasteiger partial charge is 0.0629 e. The van der Waals surface area contributed by atoms with Crippen LogP contribution in [0, 0.1) is 0 Å². The van der Waals surface area contributed by atoms with E-state index in [1.807, 2.05) is 48.5 Å². The molecule has 0 saturated heterocycles. The molecule has 0 aliphatic rings. The van der Waals surface area contributed by atoms with Crippen molar-refractivity contribution in [2.24, 2.45) is 0 Å². The summed E-state index contributed by atoms with van der Waals surface area (Å²) in [6.45, 7) is 0. The van der Waals surface area contributed by atoms with E-state index in [2.05, 4.69) is 6.07 Å². The Morgan fingerprint density at radius 2 is 0.844 bits per heavy atom. The summed E-state index contributed by atoms with van der Waals surface area (Å²) in [5.74, 6) is 0. The fraction of sp³-hybridized carbons (Fsp3) is 0. The molecular formula is C32H22. The molecule has 0 radical (unpaired) electrons. The molecule has 0 aromatic heterocycles. The van der Waals surface area contributed by atoms with E-state index in [0.717, 1.165) is 27.1 Å². The molecule has 0 N–H and O–H groups in total. The van der Waals surface area contributed by atoms with Crippen LogP contribution in [-0.4, -0.2) is 0 Å². The number of benzene rings is 6. The zero-order chi connectivity index (χ0) is 30.0. The van der Waals surface area contributed by atoms with Crippen LogP contribution in [0.1, 0.15) is 13.7 Å². The van der Waals surface area contributed by atoms with E-state index in [1.54, 1.807) is 12.1 Å². The molecule has 6 rings (SSSR count). The van der Waals surface area contributed by atoms with Crippen molar-refractivity contribution in [2.75, 3.05) is 0 Å². The van der Waals surface area contributed by atoms with Gasteiger partial charge in [-0.2, -0.15) is 0 Å². The Labute approximate surface area is 202 Å². The van der Waals surface area contributed by atoms with Crippen molar-refractivity contribution in [2.45, 2.75) is 0 Å². The summed E-state index contributed by atoms with van der Waals surface area (Å²) in [6, 6.07) is 18.1. The highest BCUT2D eigenvalue weighted by Gasteiger charge is 2.13. The van der Waals surface area contributed by atoms with Crippen LogP contribution in [0.2, 0.25) is 0 Å². The normalized spacial score (nSPS) is 15.5. The van der Waals surface area contributed by atoms with Gasteiger partial charge in [0.2, 0.25) is 0 Å². The lowest BCUT2D eigenvalue weighted by atomic mass is 9.88. The van der Waals surface area contributed by atoms with Crippen LogP contribution in [0.15, 0.2) is 133 Å². The van der Waals surface area contributed by atoms with Gasteiger partial charge in [0.15, 0.2) is 0 Å². The van der Waals surface area contributed by atoms with Gasteiger partial charge in [0.1, 0.15) is 0 Å². The molecule has 0 atom stereocenters. The quantitative estimate of drug-likeness (QED) is 0.252. The first-order valence-corrected chi connectivity index (χ1v) is 10.2. The van der Waals surface area contributed by atoms with Crippen LogP contribution in [0.5, 0.6) is 0 Å². The van der Waals surface area contributed by atoms with Gasteiger partial charge in [-0.05, 0) is 79.2 Å². The van der Waals surface area contributed by atoms with Crippen LogP contribution >= 0.6 is 0 Å². The van der Waals surface area contributed by atoms with Gasteiger partial charge in [-0.3, -0.25) is 0 Å². The predicted octanol–water partition coefficient (Wildman–Crippen LogP) is 8.99. The number of rotatable bonds is 3. The lowest BCUT2D eigenvalue weighted by Gasteiger charge is -2.15. The highest BCUT2D eigenvalue weighted by Crippen LogP contribution is 2.40. The highest BCUT2D eigenvalue weighted by molar-refractivity contribution is 6.13. The summed E-state index contributed by atoms with van der Waals surface area (Å²) in [5, 5.41) is 3.73. The summed E-state index contributed by atoms with van der Waals surface area (Å²) in [7, 11) is 0. The molecule has 0 fully saturated rings. The van der Waals surface area contributed by atoms with Gasteiger partial charge in [-0.15, -0.1) is 0 Å². The Hall–Kier alpha value is -4.16. The first-order chi connectivity index (χ1) is 20.0. The molecule has 32 heavy (non-hydrogen) atoms. The fourth-order valence-electron chi connectivity index (χ4n) is 4.17. The van der Waals surface area contributed by atoms with Gasteiger partial charge in [-0.25, -0.2) is 0 Å². The van der Waals surface area contributed by atoms with Crippen molar-refractivity contribution in [3.8, 4) is 33.4 Å².